The molecule has 3 heteroatoms. The number of aromatic nitrogens is 1. The topological polar surface area (TPSA) is 39.8 Å². The molecule has 0 radical (unpaired) electrons. The summed E-state index contributed by atoms with van der Waals surface area (Å²) >= 11 is 0. The molecule has 1 heterocycles. The summed E-state index contributed by atoms with van der Waals surface area (Å²) in [6, 6.07) is 9.69. The highest BCUT2D eigenvalue weighted by atomic mass is 15.0. The lowest BCUT2D eigenvalue weighted by Gasteiger charge is -2.16. The summed E-state index contributed by atoms with van der Waals surface area (Å²) in [6.07, 6.45) is 1.98. The van der Waals surface area contributed by atoms with Crippen LogP contribution in [-0.4, -0.2) is 23.6 Å². The van der Waals surface area contributed by atoms with Crippen LogP contribution in [-0.2, 0) is 6.54 Å². The van der Waals surface area contributed by atoms with E-state index in [2.05, 4.69) is 60.7 Å². The second-order valence-corrected chi connectivity index (χ2v) is 5.24. The zero-order valence-electron chi connectivity index (χ0n) is 11.5. The van der Waals surface area contributed by atoms with Crippen LogP contribution in [0.2, 0.25) is 0 Å². The van der Waals surface area contributed by atoms with Gasteiger partial charge in [-0.15, -0.1) is 0 Å². The van der Waals surface area contributed by atoms with E-state index in [-0.39, 0.29) is 0 Å². The van der Waals surface area contributed by atoms with Crippen LogP contribution in [0, 0.1) is 0 Å². The molecule has 3 nitrogen and oxygen atoms in total. The van der Waals surface area contributed by atoms with E-state index >= 15 is 0 Å². The van der Waals surface area contributed by atoms with Crippen molar-refractivity contribution in [2.24, 2.45) is 0 Å². The van der Waals surface area contributed by atoms with Gasteiger partial charge in [0.2, 0.25) is 0 Å². The number of fused-ring (bicyclic) bond motifs is 1. The summed E-state index contributed by atoms with van der Waals surface area (Å²) in [5.41, 5.74) is 2.53. The Morgan fingerprint density at radius 1 is 1.11 bits per heavy atom. The first-order chi connectivity index (χ1) is 8.65. The predicted molar refractivity (Wildman–Crippen MR) is 77.7 cm³/mol. The summed E-state index contributed by atoms with van der Waals surface area (Å²) < 4.78 is 0. The van der Waals surface area contributed by atoms with E-state index in [4.69, 9.17) is 0 Å². The maximum atomic E-state index is 3.53. The van der Waals surface area contributed by atoms with Gasteiger partial charge in [-0.25, -0.2) is 0 Å². The molecule has 1 aromatic heterocycles. The SMILES string of the molecule is CC(C)NCC(C)NCc1ccc2cc[nH]c2c1. The molecule has 0 spiro atoms. The molecular formula is C15H23N3. The molecule has 0 fully saturated rings. The van der Waals surface area contributed by atoms with Crippen LogP contribution in [0.25, 0.3) is 10.9 Å². The average molecular weight is 245 g/mol. The van der Waals surface area contributed by atoms with E-state index in [0.29, 0.717) is 12.1 Å². The predicted octanol–water partition coefficient (Wildman–Crippen LogP) is 2.64. The first kappa shape index (κ1) is 13.1. The van der Waals surface area contributed by atoms with Crippen LogP contribution in [0.15, 0.2) is 30.5 Å². The van der Waals surface area contributed by atoms with Gasteiger partial charge in [0.15, 0.2) is 0 Å². The maximum Gasteiger partial charge on any atom is 0.0457 e. The van der Waals surface area contributed by atoms with Crippen molar-refractivity contribution < 1.29 is 0 Å². The van der Waals surface area contributed by atoms with Crippen LogP contribution in [0.3, 0.4) is 0 Å². The van der Waals surface area contributed by atoms with Gasteiger partial charge in [-0.2, -0.15) is 0 Å². The molecule has 2 rings (SSSR count). The van der Waals surface area contributed by atoms with Gasteiger partial charge in [0.05, 0.1) is 0 Å². The van der Waals surface area contributed by atoms with Crippen molar-refractivity contribution in [3.63, 3.8) is 0 Å². The Kier molecular flexibility index (Phi) is 4.39. The maximum absolute atomic E-state index is 3.53. The molecule has 1 unspecified atom stereocenters. The molecule has 2 aromatic rings. The van der Waals surface area contributed by atoms with Crippen molar-refractivity contribution in [3.8, 4) is 0 Å². The zero-order valence-corrected chi connectivity index (χ0v) is 11.5. The van der Waals surface area contributed by atoms with E-state index in [1.165, 1.54) is 16.5 Å². The van der Waals surface area contributed by atoms with Crippen LogP contribution in [0.4, 0.5) is 0 Å². The number of nitrogens with one attached hydrogen (secondary N) is 3. The van der Waals surface area contributed by atoms with E-state index in [9.17, 15) is 0 Å². The largest absolute Gasteiger partial charge is 0.361 e. The standard InChI is InChI=1S/C15H23N3/c1-11(2)17-9-12(3)18-10-13-4-5-14-6-7-16-15(14)8-13/h4-8,11-12,16-18H,9-10H2,1-3H3. The Hall–Kier alpha value is -1.32. The number of aromatic amines is 1. The minimum absolute atomic E-state index is 0.478. The lowest BCUT2D eigenvalue weighted by Crippen LogP contribution is -2.38. The third kappa shape index (κ3) is 3.59. The molecule has 18 heavy (non-hydrogen) atoms. The van der Waals surface area contributed by atoms with Crippen molar-refractivity contribution in [1.29, 1.82) is 0 Å². The molecule has 0 aliphatic heterocycles. The van der Waals surface area contributed by atoms with Gasteiger partial charge in [-0.3, -0.25) is 0 Å². The van der Waals surface area contributed by atoms with Gasteiger partial charge >= 0.3 is 0 Å². The van der Waals surface area contributed by atoms with E-state index in [1.54, 1.807) is 0 Å². The Labute approximate surface area is 109 Å². The summed E-state index contributed by atoms with van der Waals surface area (Å²) in [5, 5.41) is 8.24. The third-order valence-electron chi connectivity index (χ3n) is 3.11. The highest BCUT2D eigenvalue weighted by molar-refractivity contribution is 5.79. The van der Waals surface area contributed by atoms with Crippen LogP contribution in [0.1, 0.15) is 26.3 Å². The van der Waals surface area contributed by atoms with Gasteiger partial charge in [0, 0.05) is 36.9 Å². The number of H-pyrrole nitrogens is 1. The lowest BCUT2D eigenvalue weighted by atomic mass is 10.1. The van der Waals surface area contributed by atoms with E-state index < -0.39 is 0 Å². The zero-order chi connectivity index (χ0) is 13.0. The second-order valence-electron chi connectivity index (χ2n) is 5.24. The minimum Gasteiger partial charge on any atom is -0.361 e. The van der Waals surface area contributed by atoms with Gasteiger partial charge in [-0.05, 0) is 30.0 Å². The molecular weight excluding hydrogens is 222 g/mol. The third-order valence-corrected chi connectivity index (χ3v) is 3.11. The first-order valence-electron chi connectivity index (χ1n) is 6.68. The monoisotopic (exact) mass is 245 g/mol. The summed E-state index contributed by atoms with van der Waals surface area (Å²) in [4.78, 5) is 3.25. The van der Waals surface area contributed by atoms with Crippen LogP contribution in [0.5, 0.6) is 0 Å². The van der Waals surface area contributed by atoms with Crippen molar-refractivity contribution in [2.75, 3.05) is 6.54 Å². The summed E-state index contributed by atoms with van der Waals surface area (Å²) in [6.45, 7) is 8.47. The van der Waals surface area contributed by atoms with Crippen molar-refractivity contribution in [3.05, 3.63) is 36.0 Å². The van der Waals surface area contributed by atoms with Gasteiger partial charge in [0.1, 0.15) is 0 Å². The molecule has 98 valence electrons. The van der Waals surface area contributed by atoms with Crippen molar-refractivity contribution >= 4 is 10.9 Å². The molecule has 1 atom stereocenters. The van der Waals surface area contributed by atoms with Gasteiger partial charge in [0.25, 0.3) is 0 Å². The Morgan fingerprint density at radius 3 is 2.72 bits per heavy atom. The fourth-order valence-corrected chi connectivity index (χ4v) is 1.98. The Morgan fingerprint density at radius 2 is 1.94 bits per heavy atom. The van der Waals surface area contributed by atoms with E-state index in [0.717, 1.165) is 13.1 Å². The fraction of sp³-hybridized carbons (Fsp3) is 0.467. The normalized spacial score (nSPS) is 13.3. The lowest BCUT2D eigenvalue weighted by molar-refractivity contribution is 0.474. The highest BCUT2D eigenvalue weighted by Gasteiger charge is 2.03. The van der Waals surface area contributed by atoms with Crippen molar-refractivity contribution in [2.45, 2.75) is 39.4 Å². The molecule has 3 N–H and O–H groups in total. The summed E-state index contributed by atoms with van der Waals surface area (Å²) in [5.74, 6) is 0. The molecule has 0 aliphatic carbocycles. The van der Waals surface area contributed by atoms with Crippen molar-refractivity contribution in [1.82, 2.24) is 15.6 Å². The fourth-order valence-electron chi connectivity index (χ4n) is 1.98. The molecule has 0 bridgehead atoms. The smallest absolute Gasteiger partial charge is 0.0457 e. The quantitative estimate of drug-likeness (QED) is 0.732. The summed E-state index contributed by atoms with van der Waals surface area (Å²) in [7, 11) is 0. The van der Waals surface area contributed by atoms with Gasteiger partial charge < -0.3 is 15.6 Å². The average Bonchev–Trinajstić information content (AvgIpc) is 2.81. The number of hydrogen-bond donors (Lipinski definition) is 3. The molecule has 0 amide bonds. The Balaban J connectivity index is 1.85. The molecule has 0 saturated heterocycles. The van der Waals surface area contributed by atoms with E-state index in [1.807, 2.05) is 6.20 Å². The van der Waals surface area contributed by atoms with Crippen LogP contribution < -0.4 is 10.6 Å². The first-order valence-corrected chi connectivity index (χ1v) is 6.68. The molecule has 0 saturated carbocycles. The molecule has 1 aromatic carbocycles. The van der Waals surface area contributed by atoms with Gasteiger partial charge in [-0.1, -0.05) is 26.0 Å². The number of benzene rings is 1. The second kappa shape index (κ2) is 6.03. The number of rotatable bonds is 6. The Bertz CT molecular complexity index is 487. The molecule has 0 aliphatic rings. The van der Waals surface area contributed by atoms with Crippen LogP contribution >= 0.6 is 0 Å². The minimum atomic E-state index is 0.478. The number of hydrogen-bond acceptors (Lipinski definition) is 2. The highest BCUT2D eigenvalue weighted by Crippen LogP contribution is 2.13.